The number of rotatable bonds is 54. The predicted molar refractivity (Wildman–Crippen MR) is 274 cm³/mol. The van der Waals surface area contributed by atoms with Gasteiger partial charge >= 0.3 is 5.97 Å². The Morgan fingerprint density at radius 2 is 0.651 bits per heavy atom. The van der Waals surface area contributed by atoms with Crippen molar-refractivity contribution >= 4 is 11.9 Å². The van der Waals surface area contributed by atoms with Gasteiger partial charge in [-0.25, -0.2) is 0 Å². The van der Waals surface area contributed by atoms with Gasteiger partial charge in [-0.3, -0.25) is 9.59 Å². The lowest BCUT2D eigenvalue weighted by atomic mass is 10.0. The summed E-state index contributed by atoms with van der Waals surface area (Å²) in [6, 6.07) is -0.550. The van der Waals surface area contributed by atoms with Crippen LogP contribution >= 0.6 is 0 Å². The molecular weight excluding hydrogens is 779 g/mol. The van der Waals surface area contributed by atoms with Gasteiger partial charge in [0, 0.05) is 12.8 Å². The number of amides is 1. The second-order valence-corrected chi connectivity index (χ2v) is 20.0. The lowest BCUT2D eigenvalue weighted by molar-refractivity contribution is -0.143. The van der Waals surface area contributed by atoms with Gasteiger partial charge in [0.05, 0.1) is 25.4 Å². The minimum Gasteiger partial charge on any atom is -0.466 e. The molecule has 0 radical (unpaired) electrons. The summed E-state index contributed by atoms with van der Waals surface area (Å²) in [7, 11) is 0. The zero-order chi connectivity index (χ0) is 45.8. The lowest BCUT2D eigenvalue weighted by Crippen LogP contribution is -2.45. The van der Waals surface area contributed by atoms with Crippen molar-refractivity contribution in [3.8, 4) is 0 Å². The van der Waals surface area contributed by atoms with Gasteiger partial charge in [0.25, 0.3) is 0 Å². The number of nitrogens with one attached hydrogen (secondary N) is 1. The summed E-state index contributed by atoms with van der Waals surface area (Å²) >= 11 is 0. The molecule has 0 heterocycles. The van der Waals surface area contributed by atoms with Crippen molar-refractivity contribution in [1.29, 1.82) is 0 Å². The quantitative estimate of drug-likeness (QED) is 0.0418. The monoisotopic (exact) mass is 892 g/mol. The molecule has 0 rings (SSSR count). The Morgan fingerprint density at radius 3 is 0.968 bits per heavy atom. The third-order valence-corrected chi connectivity index (χ3v) is 13.7. The van der Waals surface area contributed by atoms with Crippen molar-refractivity contribution in [2.45, 2.75) is 341 Å². The van der Waals surface area contributed by atoms with Gasteiger partial charge in [0.15, 0.2) is 0 Å². The average molecular weight is 893 g/mol. The fourth-order valence-corrected chi connectivity index (χ4v) is 9.23. The fourth-order valence-electron chi connectivity index (χ4n) is 9.23. The van der Waals surface area contributed by atoms with Gasteiger partial charge < -0.3 is 20.3 Å². The van der Waals surface area contributed by atoms with E-state index in [2.05, 4.69) is 19.2 Å². The average Bonchev–Trinajstić information content (AvgIpc) is 3.28. The highest BCUT2D eigenvalue weighted by atomic mass is 16.5. The Kier molecular flexibility index (Phi) is 52.5. The van der Waals surface area contributed by atoms with Crippen molar-refractivity contribution in [1.82, 2.24) is 5.32 Å². The highest BCUT2D eigenvalue weighted by Crippen LogP contribution is 2.18. The zero-order valence-corrected chi connectivity index (χ0v) is 42.8. The van der Waals surface area contributed by atoms with E-state index in [0.717, 1.165) is 51.4 Å². The van der Waals surface area contributed by atoms with E-state index < -0.39 is 12.1 Å². The smallest absolute Gasteiger partial charge is 0.305 e. The van der Waals surface area contributed by atoms with Crippen LogP contribution in [-0.2, 0) is 14.3 Å². The standard InChI is InChI=1S/C57H113NO5/c1-3-5-7-9-11-13-15-16-17-18-19-20-21-22-23-24-26-30-33-37-41-45-49-55(60)54(53-59)58-56(61)50-46-42-38-34-31-27-25-28-32-36-40-44-48-52-63-57(62)51-47-43-39-35-29-14-12-10-8-6-4-2/h54-55,59-60H,3-53H2,1-2H3,(H,58,61). The van der Waals surface area contributed by atoms with Crippen molar-refractivity contribution in [3.05, 3.63) is 0 Å². The summed E-state index contributed by atoms with van der Waals surface area (Å²) in [5.41, 5.74) is 0. The molecule has 0 aliphatic heterocycles. The van der Waals surface area contributed by atoms with E-state index >= 15 is 0 Å². The summed E-state index contributed by atoms with van der Waals surface area (Å²) in [6.07, 6.45) is 60.9. The Labute approximate surface area is 394 Å². The number of unbranched alkanes of at least 4 members (excludes halogenated alkanes) is 43. The molecule has 0 aromatic carbocycles. The van der Waals surface area contributed by atoms with E-state index in [4.69, 9.17) is 4.74 Å². The molecule has 0 aliphatic rings. The molecule has 0 saturated carbocycles. The van der Waals surface area contributed by atoms with Gasteiger partial charge in [-0.2, -0.15) is 0 Å². The van der Waals surface area contributed by atoms with E-state index in [1.54, 1.807) is 0 Å². The molecule has 0 aliphatic carbocycles. The van der Waals surface area contributed by atoms with E-state index in [-0.39, 0.29) is 18.5 Å². The molecule has 6 heteroatoms. The normalized spacial score (nSPS) is 12.5. The molecule has 2 unspecified atom stereocenters. The maximum atomic E-state index is 12.5. The van der Waals surface area contributed by atoms with Gasteiger partial charge in [-0.1, -0.05) is 290 Å². The van der Waals surface area contributed by atoms with Crippen LogP contribution in [0.1, 0.15) is 328 Å². The van der Waals surface area contributed by atoms with Crippen LogP contribution in [-0.4, -0.2) is 47.4 Å². The van der Waals surface area contributed by atoms with Crippen molar-refractivity contribution in [2.75, 3.05) is 13.2 Å². The first-order chi connectivity index (χ1) is 31.0. The molecule has 0 saturated heterocycles. The maximum absolute atomic E-state index is 12.5. The predicted octanol–water partition coefficient (Wildman–Crippen LogP) is 17.5. The lowest BCUT2D eigenvalue weighted by Gasteiger charge is -2.22. The molecule has 6 nitrogen and oxygen atoms in total. The van der Waals surface area contributed by atoms with E-state index in [9.17, 15) is 19.8 Å². The molecule has 0 fully saturated rings. The molecule has 0 aromatic rings. The summed E-state index contributed by atoms with van der Waals surface area (Å²) < 4.78 is 5.45. The number of hydrogen-bond donors (Lipinski definition) is 3. The molecule has 0 spiro atoms. The van der Waals surface area contributed by atoms with Gasteiger partial charge in [0.2, 0.25) is 5.91 Å². The van der Waals surface area contributed by atoms with E-state index in [1.165, 1.54) is 244 Å². The number of carbonyl (C=O) groups excluding carboxylic acids is 2. The first kappa shape index (κ1) is 61.9. The Hall–Kier alpha value is -1.14. The van der Waals surface area contributed by atoms with Crippen molar-refractivity contribution < 1.29 is 24.5 Å². The van der Waals surface area contributed by atoms with E-state index in [1.807, 2.05) is 0 Å². The number of aliphatic hydroxyl groups is 2. The van der Waals surface area contributed by atoms with Crippen LogP contribution < -0.4 is 5.32 Å². The fraction of sp³-hybridized carbons (Fsp3) is 0.965. The molecule has 3 N–H and O–H groups in total. The van der Waals surface area contributed by atoms with Crippen LogP contribution in [0.4, 0.5) is 0 Å². The molecule has 376 valence electrons. The molecule has 1 amide bonds. The second kappa shape index (κ2) is 53.5. The van der Waals surface area contributed by atoms with E-state index in [0.29, 0.717) is 25.9 Å². The third-order valence-electron chi connectivity index (χ3n) is 13.7. The summed E-state index contributed by atoms with van der Waals surface area (Å²) in [4.78, 5) is 24.5. The van der Waals surface area contributed by atoms with Crippen LogP contribution in [0.2, 0.25) is 0 Å². The Bertz CT molecular complexity index is 898. The second-order valence-electron chi connectivity index (χ2n) is 20.0. The van der Waals surface area contributed by atoms with Crippen LogP contribution in [0.3, 0.4) is 0 Å². The van der Waals surface area contributed by atoms with Crippen molar-refractivity contribution in [2.24, 2.45) is 0 Å². The minimum atomic E-state index is -0.672. The first-order valence-corrected chi connectivity index (χ1v) is 28.8. The highest BCUT2D eigenvalue weighted by Gasteiger charge is 2.20. The van der Waals surface area contributed by atoms with Crippen LogP contribution in [0.25, 0.3) is 0 Å². The topological polar surface area (TPSA) is 95.9 Å². The Morgan fingerprint density at radius 1 is 0.381 bits per heavy atom. The minimum absolute atomic E-state index is 0.00443. The molecule has 2 atom stereocenters. The number of ether oxygens (including phenoxy) is 1. The number of esters is 1. The SMILES string of the molecule is CCCCCCCCCCCCCCCCCCCCCCCCC(O)C(CO)NC(=O)CCCCCCCCCCCCCCCOC(=O)CCCCCCCCCCCCC. The highest BCUT2D eigenvalue weighted by molar-refractivity contribution is 5.76. The summed E-state index contributed by atoms with van der Waals surface area (Å²) in [5.74, 6) is -0.0479. The first-order valence-electron chi connectivity index (χ1n) is 28.8. The van der Waals surface area contributed by atoms with Gasteiger partial charge in [0.1, 0.15) is 0 Å². The number of aliphatic hydroxyl groups excluding tert-OH is 2. The van der Waals surface area contributed by atoms with Gasteiger partial charge in [-0.15, -0.1) is 0 Å². The largest absolute Gasteiger partial charge is 0.466 e. The molecular formula is C57H113NO5. The molecule has 0 aromatic heterocycles. The zero-order valence-electron chi connectivity index (χ0n) is 42.8. The summed E-state index contributed by atoms with van der Waals surface area (Å²) in [5, 5.41) is 23.3. The number of hydrogen-bond acceptors (Lipinski definition) is 5. The van der Waals surface area contributed by atoms with Crippen LogP contribution in [0.15, 0.2) is 0 Å². The van der Waals surface area contributed by atoms with Crippen LogP contribution in [0, 0.1) is 0 Å². The van der Waals surface area contributed by atoms with Crippen molar-refractivity contribution in [3.63, 3.8) is 0 Å². The molecule has 63 heavy (non-hydrogen) atoms. The number of carbonyl (C=O) groups is 2. The Balaban J connectivity index is 3.44. The van der Waals surface area contributed by atoms with Crippen LogP contribution in [0.5, 0.6) is 0 Å². The molecule has 0 bridgehead atoms. The summed E-state index contributed by atoms with van der Waals surface area (Å²) in [6.45, 7) is 4.95. The third kappa shape index (κ3) is 50.1. The van der Waals surface area contributed by atoms with Gasteiger partial charge in [-0.05, 0) is 25.7 Å². The maximum Gasteiger partial charge on any atom is 0.305 e.